The van der Waals surface area contributed by atoms with Crippen molar-refractivity contribution in [3.05, 3.63) is 40.9 Å². The molecule has 0 aliphatic carbocycles. The van der Waals surface area contributed by atoms with Gasteiger partial charge in [0.25, 0.3) is 12.9 Å². The van der Waals surface area contributed by atoms with Crippen molar-refractivity contribution in [1.29, 1.82) is 0 Å². The number of alkyl halides is 4. The lowest BCUT2D eigenvalue weighted by atomic mass is 9.77. The minimum Gasteiger partial charge on any atom is -0.399 e. The van der Waals surface area contributed by atoms with Crippen LogP contribution in [0.4, 0.5) is 53.0 Å². The maximum absolute atomic E-state index is 13.9. The molecule has 0 bridgehead atoms. The normalized spacial score (nSPS) is 24.0. The molecule has 0 aromatic carbocycles. The summed E-state index contributed by atoms with van der Waals surface area (Å²) in [4.78, 5) is 49.5. The van der Waals surface area contributed by atoms with Gasteiger partial charge in [0.05, 0.1) is 120 Å². The second-order valence-electron chi connectivity index (χ2n) is 21.3. The molecule has 0 amide bonds. The summed E-state index contributed by atoms with van der Waals surface area (Å²) in [6.45, 7) is 22.4. The lowest BCUT2D eigenvalue weighted by Gasteiger charge is -2.40. The quantitative estimate of drug-likeness (QED) is 0.0716. The van der Waals surface area contributed by atoms with Crippen LogP contribution in [-0.2, 0) is 37.7 Å². The monoisotopic (exact) mass is 1150 g/mol. The molecule has 2 N–H and O–H groups in total. The zero-order valence-electron chi connectivity index (χ0n) is 47.6. The molecule has 5 saturated heterocycles. The molecule has 9 heterocycles. The molecule has 29 heteroatoms. The van der Waals surface area contributed by atoms with Crippen LogP contribution in [0.15, 0.2) is 29.5 Å². The Morgan fingerprint density at radius 2 is 1.21 bits per heavy atom. The molecule has 80 heavy (non-hydrogen) atoms. The number of rotatable bonds is 14. The number of anilines is 5. The van der Waals surface area contributed by atoms with Gasteiger partial charge in [-0.25, -0.2) is 32.5 Å². The van der Waals surface area contributed by atoms with Gasteiger partial charge in [-0.3, -0.25) is 0 Å². The smallest absolute Gasteiger partial charge is 0.399 e. The summed E-state index contributed by atoms with van der Waals surface area (Å²) in [6, 6.07) is 2.68. The number of nitrogens with two attached hydrogens (primary N) is 1. The minimum atomic E-state index is -2.76. The largest absolute Gasteiger partial charge is 0.496 e. The third-order valence-electron chi connectivity index (χ3n) is 14.2. The van der Waals surface area contributed by atoms with E-state index in [0.29, 0.717) is 96.4 Å². The number of hydrogen-bond acceptors (Lipinski definition) is 22. The van der Waals surface area contributed by atoms with E-state index >= 15 is 0 Å². The van der Waals surface area contributed by atoms with Gasteiger partial charge in [-0.15, -0.1) is 0 Å². The first-order valence-electron chi connectivity index (χ1n) is 26.5. The van der Waals surface area contributed by atoms with E-state index < -0.39 is 31.2 Å². The fraction of sp³-hybridized carbons (Fsp3) is 0.667. The molecule has 5 fully saturated rings. The molecular weight excluding hydrogens is 1070 g/mol. The van der Waals surface area contributed by atoms with Crippen molar-refractivity contribution in [1.82, 2.24) is 44.8 Å². The molecule has 23 nitrogen and oxygen atoms in total. The Morgan fingerprint density at radius 1 is 0.688 bits per heavy atom. The van der Waals surface area contributed by atoms with Crippen LogP contribution in [0, 0.1) is 0 Å². The summed E-state index contributed by atoms with van der Waals surface area (Å²) in [5.41, 5.74) is 4.38. The number of nitrogens with zero attached hydrogens (tertiary/aromatic N) is 14. The Balaban J connectivity index is 0.000000178. The molecular formula is C51H75BClF4N15O8. The van der Waals surface area contributed by atoms with Crippen molar-refractivity contribution in [3.63, 3.8) is 0 Å². The fourth-order valence-corrected chi connectivity index (χ4v) is 9.62. The highest BCUT2D eigenvalue weighted by Crippen LogP contribution is 2.38. The lowest BCUT2D eigenvalue weighted by molar-refractivity contribution is 0.00578. The van der Waals surface area contributed by atoms with E-state index in [-0.39, 0.29) is 81.1 Å². The number of pyridine rings is 2. The molecule has 0 spiro atoms. The Morgan fingerprint density at radius 3 is 1.82 bits per heavy atom. The average molecular weight is 1150 g/mol. The van der Waals surface area contributed by atoms with Gasteiger partial charge < -0.3 is 68.0 Å². The van der Waals surface area contributed by atoms with Crippen molar-refractivity contribution in [2.24, 2.45) is 4.99 Å². The van der Waals surface area contributed by atoms with Gasteiger partial charge in [0, 0.05) is 76.0 Å². The Kier molecular flexibility index (Phi) is 21.4. The van der Waals surface area contributed by atoms with Gasteiger partial charge in [-0.05, 0) is 79.1 Å². The van der Waals surface area contributed by atoms with Crippen LogP contribution in [0.2, 0.25) is 5.28 Å². The number of methoxy groups -OCH3 is 2. The van der Waals surface area contributed by atoms with E-state index in [1.165, 1.54) is 24.8 Å². The van der Waals surface area contributed by atoms with E-state index in [1.54, 1.807) is 33.2 Å². The fourth-order valence-electron chi connectivity index (χ4n) is 9.47. The zero-order chi connectivity index (χ0) is 58.1. The Labute approximate surface area is 470 Å². The van der Waals surface area contributed by atoms with Gasteiger partial charge in [-0.1, -0.05) is 0 Å². The van der Waals surface area contributed by atoms with Gasteiger partial charge in [0.2, 0.25) is 29.1 Å². The summed E-state index contributed by atoms with van der Waals surface area (Å²) in [7, 11) is 6.00. The highest BCUT2D eigenvalue weighted by Gasteiger charge is 2.53. The minimum absolute atomic E-state index is 0.00424. The molecule has 4 aromatic heterocycles. The van der Waals surface area contributed by atoms with Crippen molar-refractivity contribution in [2.75, 3.05) is 133 Å². The first kappa shape index (κ1) is 62.2. The summed E-state index contributed by atoms with van der Waals surface area (Å²) in [5.74, 6) is 2.28. The molecule has 5 aliphatic heterocycles. The van der Waals surface area contributed by atoms with E-state index in [1.807, 2.05) is 51.3 Å². The van der Waals surface area contributed by atoms with Crippen LogP contribution in [0.5, 0.6) is 0 Å². The second kappa shape index (κ2) is 27.5. The number of halogens is 5. The topological polar surface area (TPSA) is 232 Å². The van der Waals surface area contributed by atoms with Crippen molar-refractivity contribution >= 4 is 65.9 Å². The molecule has 0 saturated carbocycles. The number of aliphatic imine (C=N–C) groups is 1. The summed E-state index contributed by atoms with van der Waals surface area (Å²) < 4.78 is 99.3. The van der Waals surface area contributed by atoms with E-state index in [4.69, 9.17) is 65.0 Å². The first-order chi connectivity index (χ1) is 38.0. The molecule has 0 unspecified atom stereocenters. The molecule has 6 atom stereocenters. The first-order valence-corrected chi connectivity index (χ1v) is 26.8. The summed E-state index contributed by atoms with van der Waals surface area (Å²) in [5, 5.41) is 0.198. The van der Waals surface area contributed by atoms with Crippen LogP contribution in [-0.4, -0.2) is 213 Å². The summed E-state index contributed by atoms with van der Waals surface area (Å²) >= 11 is 6.20. The maximum Gasteiger partial charge on any atom is 0.496 e. The highest BCUT2D eigenvalue weighted by molar-refractivity contribution is 6.62. The van der Waals surface area contributed by atoms with Gasteiger partial charge >= 0.3 is 7.12 Å². The van der Waals surface area contributed by atoms with Crippen molar-refractivity contribution < 1.29 is 55.3 Å². The third-order valence-corrected chi connectivity index (χ3v) is 14.4. The number of morpholine rings is 4. The average Bonchev–Trinajstić information content (AvgIpc) is 3.64. The van der Waals surface area contributed by atoms with Gasteiger partial charge in [0.1, 0.15) is 5.82 Å². The van der Waals surface area contributed by atoms with Crippen LogP contribution >= 0.6 is 11.6 Å². The molecule has 0 radical (unpaired) electrons. The number of hydrogen-bond donors (Lipinski definition) is 1. The van der Waals surface area contributed by atoms with Crippen molar-refractivity contribution in [2.45, 2.75) is 116 Å². The van der Waals surface area contributed by atoms with Crippen LogP contribution in [0.1, 0.15) is 79.4 Å². The van der Waals surface area contributed by atoms with Crippen LogP contribution < -0.4 is 30.8 Å². The SMILES string of the molecule is CN(C)C=Nc1cc(C(F)F)c(B2OC(C)(C)C(C)(C)O2)cn1.COC[C@@H]1COCCN1c1nc(-c2cnc(N)cc2C(F)F)nc(N2[C@H](C)COC[C@@H]2C)n1.COC[C@@H]1COC[C@H](C)N1c1nc(Cl)nc(N2CCOC[C@H]2C)n1. The molecule has 9 rings (SSSR count). The number of ether oxygens (including phenoxy) is 6. The van der Waals surface area contributed by atoms with Gasteiger partial charge in [0.15, 0.2) is 11.6 Å². The van der Waals surface area contributed by atoms with Crippen LogP contribution in [0.25, 0.3) is 11.4 Å². The standard InChI is InChI=1S/C21H29F2N7O3.C15H22BF2N3O2.C15H24ClN5O3/c1-12-8-33-9-13(2)30(12)21-27-19(16-7-25-17(24)6-15(16)18(22)23)26-20(28-21)29-4-5-32-11-14(29)10-31-3;1-14(2)15(3,4)23-16(22-14)11-8-19-12(20-9-21(5)6)7-10(11)13(17)18;1-10-6-23-5-4-20(10)14-17-13(16)18-15(19-14)21-11(2)7-24-9-12(21)8-22-3/h6-7,12-14,18H,4-5,8-11H2,1-3H3,(H2,24,25);7-9,13H,1-6H3;10-12H,4-9H2,1-3H3/t12-,13+,14-;;10-,11+,12-/m1.1/s1. The van der Waals surface area contributed by atoms with Crippen LogP contribution in [0.3, 0.4) is 0 Å². The predicted molar refractivity (Wildman–Crippen MR) is 296 cm³/mol. The molecule has 4 aromatic rings. The lowest BCUT2D eigenvalue weighted by Crippen LogP contribution is -2.54. The number of aromatic nitrogens is 8. The second-order valence-corrected chi connectivity index (χ2v) is 21.6. The Bertz CT molecular complexity index is 2670. The third kappa shape index (κ3) is 15.2. The van der Waals surface area contributed by atoms with E-state index in [9.17, 15) is 17.6 Å². The number of nitrogen functional groups attached to an aromatic ring is 1. The van der Waals surface area contributed by atoms with Gasteiger partial charge in [-0.2, -0.15) is 29.9 Å². The summed E-state index contributed by atoms with van der Waals surface area (Å²) in [6.07, 6.45) is -1.28. The van der Waals surface area contributed by atoms with E-state index in [0.717, 1.165) is 12.6 Å². The highest BCUT2D eigenvalue weighted by atomic mass is 35.5. The zero-order valence-corrected chi connectivity index (χ0v) is 48.3. The Hall–Kier alpha value is -5.46. The molecule has 5 aliphatic rings. The van der Waals surface area contributed by atoms with E-state index in [2.05, 4.69) is 58.5 Å². The predicted octanol–water partition coefficient (Wildman–Crippen LogP) is 5.45. The molecule has 440 valence electrons. The van der Waals surface area contributed by atoms with Crippen molar-refractivity contribution in [3.8, 4) is 11.4 Å². The maximum atomic E-state index is 13.9.